The number of rotatable bonds is 4. The lowest BCUT2D eigenvalue weighted by Gasteiger charge is -2.04. The predicted octanol–water partition coefficient (Wildman–Crippen LogP) is 2.33. The van der Waals surface area contributed by atoms with Crippen LogP contribution in [0.5, 0.6) is 0 Å². The summed E-state index contributed by atoms with van der Waals surface area (Å²) in [4.78, 5) is 12.2. The highest BCUT2D eigenvalue weighted by Crippen LogP contribution is 2.10. The van der Waals surface area contributed by atoms with Crippen molar-refractivity contribution in [1.82, 2.24) is 0 Å². The van der Waals surface area contributed by atoms with E-state index in [9.17, 15) is 9.00 Å². The van der Waals surface area contributed by atoms with Gasteiger partial charge >= 0.3 is 0 Å². The number of carbonyl (C=O) groups is 1. The SMILES string of the molecule is Cc1cccc(S(=O)CC(=O)C(C)C)c1. The van der Waals surface area contributed by atoms with Gasteiger partial charge in [0.2, 0.25) is 0 Å². The summed E-state index contributed by atoms with van der Waals surface area (Å²) in [6.45, 7) is 5.61. The number of aryl methyl sites for hydroxylation is 1. The van der Waals surface area contributed by atoms with Crippen LogP contribution in [0, 0.1) is 12.8 Å². The first-order valence-electron chi connectivity index (χ1n) is 4.98. The molecule has 0 amide bonds. The van der Waals surface area contributed by atoms with Gasteiger partial charge in [0, 0.05) is 10.8 Å². The van der Waals surface area contributed by atoms with Crippen molar-refractivity contribution in [2.75, 3.05) is 5.75 Å². The average molecular weight is 224 g/mol. The number of hydrogen-bond acceptors (Lipinski definition) is 2. The highest BCUT2D eigenvalue weighted by molar-refractivity contribution is 7.85. The molecule has 1 aromatic carbocycles. The number of carbonyl (C=O) groups excluding carboxylic acids is 1. The molecular formula is C12H16O2S. The van der Waals surface area contributed by atoms with Crippen molar-refractivity contribution in [3.05, 3.63) is 29.8 Å². The lowest BCUT2D eigenvalue weighted by atomic mass is 10.1. The van der Waals surface area contributed by atoms with Crippen LogP contribution in [0.3, 0.4) is 0 Å². The van der Waals surface area contributed by atoms with Gasteiger partial charge in [0.1, 0.15) is 5.78 Å². The Labute approximate surface area is 93.2 Å². The Kier molecular flexibility index (Phi) is 4.21. The monoisotopic (exact) mass is 224 g/mol. The molecule has 82 valence electrons. The predicted molar refractivity (Wildman–Crippen MR) is 62.3 cm³/mol. The summed E-state index contributed by atoms with van der Waals surface area (Å²) in [5.74, 6) is 0.134. The molecule has 0 spiro atoms. The van der Waals surface area contributed by atoms with E-state index in [1.807, 2.05) is 39.0 Å². The molecule has 1 atom stereocenters. The van der Waals surface area contributed by atoms with Crippen LogP contribution < -0.4 is 0 Å². The highest BCUT2D eigenvalue weighted by atomic mass is 32.2. The van der Waals surface area contributed by atoms with Crippen LogP contribution in [0.1, 0.15) is 19.4 Å². The van der Waals surface area contributed by atoms with Crippen LogP contribution >= 0.6 is 0 Å². The molecule has 1 aromatic rings. The fourth-order valence-corrected chi connectivity index (χ4v) is 2.44. The summed E-state index contributed by atoms with van der Waals surface area (Å²) >= 11 is 0. The molecule has 0 fully saturated rings. The van der Waals surface area contributed by atoms with Crippen LogP contribution in [0.4, 0.5) is 0 Å². The summed E-state index contributed by atoms with van der Waals surface area (Å²) in [5, 5.41) is 0. The average Bonchev–Trinajstić information content (AvgIpc) is 2.17. The smallest absolute Gasteiger partial charge is 0.148 e. The van der Waals surface area contributed by atoms with Crippen molar-refractivity contribution >= 4 is 16.6 Å². The molecule has 0 aliphatic carbocycles. The van der Waals surface area contributed by atoms with Gasteiger partial charge in [0.15, 0.2) is 0 Å². The zero-order valence-corrected chi connectivity index (χ0v) is 10.1. The largest absolute Gasteiger partial charge is 0.298 e. The summed E-state index contributed by atoms with van der Waals surface area (Å²) in [6, 6.07) is 7.48. The molecule has 1 unspecified atom stereocenters. The van der Waals surface area contributed by atoms with E-state index in [0.717, 1.165) is 10.5 Å². The van der Waals surface area contributed by atoms with Crippen molar-refractivity contribution in [3.8, 4) is 0 Å². The van der Waals surface area contributed by atoms with Gasteiger partial charge in [-0.2, -0.15) is 0 Å². The van der Waals surface area contributed by atoms with Crippen LogP contribution in [0.2, 0.25) is 0 Å². The van der Waals surface area contributed by atoms with Gasteiger partial charge in [-0.05, 0) is 24.6 Å². The molecule has 1 rings (SSSR count). The number of benzene rings is 1. The van der Waals surface area contributed by atoms with Crippen molar-refractivity contribution in [3.63, 3.8) is 0 Å². The third kappa shape index (κ3) is 3.59. The van der Waals surface area contributed by atoms with E-state index in [1.54, 1.807) is 6.07 Å². The quantitative estimate of drug-likeness (QED) is 0.786. The van der Waals surface area contributed by atoms with Crippen LogP contribution in [0.25, 0.3) is 0 Å². The zero-order chi connectivity index (χ0) is 11.4. The second kappa shape index (κ2) is 5.21. The van der Waals surface area contributed by atoms with Crippen LogP contribution in [-0.4, -0.2) is 15.7 Å². The minimum absolute atomic E-state index is 0.0428. The summed E-state index contributed by atoms with van der Waals surface area (Å²) < 4.78 is 11.8. The zero-order valence-electron chi connectivity index (χ0n) is 9.32. The Bertz CT molecular complexity index is 383. The minimum Gasteiger partial charge on any atom is -0.298 e. The van der Waals surface area contributed by atoms with Gasteiger partial charge in [-0.1, -0.05) is 26.0 Å². The van der Waals surface area contributed by atoms with Gasteiger partial charge in [-0.25, -0.2) is 0 Å². The number of ketones is 1. The van der Waals surface area contributed by atoms with Gasteiger partial charge in [-0.15, -0.1) is 0 Å². The van der Waals surface area contributed by atoms with Crippen LogP contribution in [0.15, 0.2) is 29.2 Å². The molecule has 0 bridgehead atoms. The van der Waals surface area contributed by atoms with E-state index in [2.05, 4.69) is 0 Å². The van der Waals surface area contributed by atoms with Gasteiger partial charge in [0.05, 0.1) is 16.6 Å². The summed E-state index contributed by atoms with van der Waals surface area (Å²) in [5.41, 5.74) is 1.07. The number of Topliss-reactive ketones (excluding diaryl/α,β-unsaturated/α-hetero) is 1. The molecule has 0 aliphatic heterocycles. The second-order valence-corrected chi connectivity index (χ2v) is 5.38. The molecule has 0 saturated carbocycles. The molecule has 0 radical (unpaired) electrons. The standard InChI is InChI=1S/C12H16O2S/c1-9(2)12(13)8-15(14)11-6-4-5-10(3)7-11/h4-7,9H,8H2,1-3H3. The Balaban J connectivity index is 2.74. The fraction of sp³-hybridized carbons (Fsp3) is 0.417. The van der Waals surface area contributed by atoms with Gasteiger partial charge in [0.25, 0.3) is 0 Å². The van der Waals surface area contributed by atoms with Crippen LogP contribution in [-0.2, 0) is 15.6 Å². The second-order valence-electron chi connectivity index (χ2n) is 3.93. The summed E-state index contributed by atoms with van der Waals surface area (Å²) in [6.07, 6.45) is 0. The Hall–Kier alpha value is -0.960. The van der Waals surface area contributed by atoms with Crippen molar-refractivity contribution < 1.29 is 9.00 Å². The maximum absolute atomic E-state index is 11.8. The fourth-order valence-electron chi connectivity index (χ4n) is 1.14. The Morgan fingerprint density at radius 3 is 2.60 bits per heavy atom. The van der Waals surface area contributed by atoms with Crippen molar-refractivity contribution in [2.45, 2.75) is 25.7 Å². The molecule has 15 heavy (non-hydrogen) atoms. The third-order valence-corrected chi connectivity index (χ3v) is 3.50. The van der Waals surface area contributed by atoms with E-state index in [1.165, 1.54) is 0 Å². The van der Waals surface area contributed by atoms with E-state index in [0.29, 0.717) is 0 Å². The van der Waals surface area contributed by atoms with E-state index < -0.39 is 10.8 Å². The lowest BCUT2D eigenvalue weighted by molar-refractivity contribution is -0.119. The van der Waals surface area contributed by atoms with Gasteiger partial charge < -0.3 is 0 Å². The normalized spacial score (nSPS) is 12.8. The molecule has 2 nitrogen and oxygen atoms in total. The summed E-state index contributed by atoms with van der Waals surface area (Å²) in [7, 11) is -1.19. The molecule has 0 heterocycles. The minimum atomic E-state index is -1.19. The molecule has 0 aliphatic rings. The Morgan fingerprint density at radius 2 is 2.07 bits per heavy atom. The molecular weight excluding hydrogens is 208 g/mol. The molecule has 3 heteroatoms. The lowest BCUT2D eigenvalue weighted by Crippen LogP contribution is -2.16. The highest BCUT2D eigenvalue weighted by Gasteiger charge is 2.13. The van der Waals surface area contributed by atoms with E-state index in [-0.39, 0.29) is 17.5 Å². The topological polar surface area (TPSA) is 34.1 Å². The Morgan fingerprint density at radius 1 is 1.40 bits per heavy atom. The molecule has 0 saturated heterocycles. The third-order valence-electron chi connectivity index (χ3n) is 2.17. The maximum Gasteiger partial charge on any atom is 0.148 e. The first-order valence-corrected chi connectivity index (χ1v) is 6.30. The maximum atomic E-state index is 11.8. The van der Waals surface area contributed by atoms with Gasteiger partial charge in [-0.3, -0.25) is 9.00 Å². The van der Waals surface area contributed by atoms with E-state index >= 15 is 0 Å². The van der Waals surface area contributed by atoms with Crippen molar-refractivity contribution in [2.24, 2.45) is 5.92 Å². The van der Waals surface area contributed by atoms with Crippen molar-refractivity contribution in [1.29, 1.82) is 0 Å². The first-order chi connectivity index (χ1) is 7.00. The number of hydrogen-bond donors (Lipinski definition) is 0. The van der Waals surface area contributed by atoms with E-state index in [4.69, 9.17) is 0 Å². The molecule has 0 aromatic heterocycles. The first kappa shape index (κ1) is 12.1. The molecule has 0 N–H and O–H groups in total.